The van der Waals surface area contributed by atoms with Crippen LogP contribution in [-0.2, 0) is 10.2 Å². The number of anilines is 1. The van der Waals surface area contributed by atoms with Crippen molar-refractivity contribution in [2.75, 3.05) is 11.4 Å². The summed E-state index contributed by atoms with van der Waals surface area (Å²) in [6.45, 7) is 6.64. The van der Waals surface area contributed by atoms with Crippen LogP contribution in [0.3, 0.4) is 0 Å². The van der Waals surface area contributed by atoms with Crippen LogP contribution in [0, 0.1) is 0 Å². The van der Waals surface area contributed by atoms with E-state index in [0.29, 0.717) is 11.7 Å². The summed E-state index contributed by atoms with van der Waals surface area (Å²) >= 11 is 1.56. The second kappa shape index (κ2) is 4.88. The van der Waals surface area contributed by atoms with Gasteiger partial charge in [0.15, 0.2) is 5.13 Å². The molecule has 18 heavy (non-hydrogen) atoms. The fraction of sp³-hybridized carbons (Fsp3) is 0.692. The summed E-state index contributed by atoms with van der Waals surface area (Å²) in [7, 11) is 0. The van der Waals surface area contributed by atoms with Gasteiger partial charge in [-0.1, -0.05) is 6.92 Å². The standard InChI is InChI=1S/C13H20N2O2S/c1-4-9-6-5-7-15(9)12-14-10(8-18-12)13(2,3)11(16)17/h8-9H,4-7H2,1-3H3,(H,16,17). The molecule has 1 aliphatic heterocycles. The van der Waals surface area contributed by atoms with Crippen LogP contribution in [0.1, 0.15) is 45.7 Å². The number of carboxylic acid groups (broad SMARTS) is 1. The summed E-state index contributed by atoms with van der Waals surface area (Å²) in [5.41, 5.74) is -0.243. The van der Waals surface area contributed by atoms with E-state index in [4.69, 9.17) is 0 Å². The van der Waals surface area contributed by atoms with E-state index < -0.39 is 11.4 Å². The first-order valence-electron chi connectivity index (χ1n) is 6.43. The lowest BCUT2D eigenvalue weighted by Gasteiger charge is -2.23. The maximum absolute atomic E-state index is 11.2. The molecule has 1 N–H and O–H groups in total. The first-order valence-corrected chi connectivity index (χ1v) is 7.30. The van der Waals surface area contributed by atoms with Crippen LogP contribution in [-0.4, -0.2) is 28.6 Å². The summed E-state index contributed by atoms with van der Waals surface area (Å²) in [4.78, 5) is 18.1. The zero-order valence-corrected chi connectivity index (χ0v) is 12.0. The third-order valence-electron chi connectivity index (χ3n) is 3.76. The quantitative estimate of drug-likeness (QED) is 0.912. The summed E-state index contributed by atoms with van der Waals surface area (Å²) in [6.07, 6.45) is 3.54. The minimum atomic E-state index is -0.907. The molecule has 0 radical (unpaired) electrons. The Balaban J connectivity index is 2.23. The van der Waals surface area contributed by atoms with E-state index >= 15 is 0 Å². The predicted octanol–water partition coefficient (Wildman–Crippen LogP) is 2.88. The van der Waals surface area contributed by atoms with E-state index in [1.165, 1.54) is 12.8 Å². The highest BCUT2D eigenvalue weighted by Gasteiger charge is 2.33. The van der Waals surface area contributed by atoms with Gasteiger partial charge in [0.25, 0.3) is 0 Å². The largest absolute Gasteiger partial charge is 0.481 e. The van der Waals surface area contributed by atoms with Gasteiger partial charge < -0.3 is 10.0 Å². The molecular formula is C13H20N2O2S. The van der Waals surface area contributed by atoms with E-state index in [2.05, 4.69) is 16.8 Å². The number of thiazole rings is 1. The Morgan fingerprint density at radius 1 is 1.67 bits per heavy atom. The first kappa shape index (κ1) is 13.3. The lowest BCUT2D eigenvalue weighted by molar-refractivity contribution is -0.142. The van der Waals surface area contributed by atoms with Crippen LogP contribution in [0.25, 0.3) is 0 Å². The molecule has 2 heterocycles. The summed E-state index contributed by atoms with van der Waals surface area (Å²) in [5.74, 6) is -0.826. The van der Waals surface area contributed by atoms with Crippen molar-refractivity contribution < 1.29 is 9.90 Å². The van der Waals surface area contributed by atoms with Crippen LogP contribution < -0.4 is 4.90 Å². The SMILES string of the molecule is CCC1CCCN1c1nc(C(C)(C)C(=O)O)cs1. The summed E-state index contributed by atoms with van der Waals surface area (Å²) in [5, 5.41) is 12.1. The monoisotopic (exact) mass is 268 g/mol. The van der Waals surface area contributed by atoms with E-state index in [1.54, 1.807) is 25.2 Å². The molecule has 4 nitrogen and oxygen atoms in total. The molecule has 1 aromatic heterocycles. The molecule has 1 saturated heterocycles. The highest BCUT2D eigenvalue weighted by atomic mass is 32.1. The third-order valence-corrected chi connectivity index (χ3v) is 4.64. The zero-order chi connectivity index (χ0) is 13.3. The summed E-state index contributed by atoms with van der Waals surface area (Å²) in [6, 6.07) is 0.567. The minimum absolute atomic E-state index is 0.567. The molecule has 2 rings (SSSR count). The minimum Gasteiger partial charge on any atom is -0.481 e. The molecule has 1 aliphatic rings. The molecule has 1 unspecified atom stereocenters. The number of rotatable bonds is 4. The Bertz CT molecular complexity index is 442. The smallest absolute Gasteiger partial charge is 0.315 e. The molecule has 100 valence electrons. The topological polar surface area (TPSA) is 53.4 Å². The zero-order valence-electron chi connectivity index (χ0n) is 11.1. The van der Waals surface area contributed by atoms with Gasteiger partial charge in [-0.25, -0.2) is 4.98 Å². The van der Waals surface area contributed by atoms with Crippen LogP contribution in [0.2, 0.25) is 0 Å². The van der Waals surface area contributed by atoms with Crippen molar-refractivity contribution >= 4 is 22.4 Å². The van der Waals surface area contributed by atoms with Gasteiger partial charge in [-0.2, -0.15) is 0 Å². The van der Waals surface area contributed by atoms with Crippen LogP contribution in [0.5, 0.6) is 0 Å². The molecular weight excluding hydrogens is 248 g/mol. The van der Waals surface area contributed by atoms with Gasteiger partial charge in [0.05, 0.1) is 5.69 Å². The van der Waals surface area contributed by atoms with Gasteiger partial charge in [0.2, 0.25) is 0 Å². The van der Waals surface area contributed by atoms with Crippen LogP contribution in [0.15, 0.2) is 5.38 Å². The van der Waals surface area contributed by atoms with Gasteiger partial charge in [0.1, 0.15) is 5.41 Å². The molecule has 0 aromatic carbocycles. The van der Waals surface area contributed by atoms with Crippen LogP contribution >= 0.6 is 11.3 Å². The normalized spacial score (nSPS) is 20.4. The molecule has 1 fully saturated rings. The van der Waals surface area contributed by atoms with Gasteiger partial charge in [-0.3, -0.25) is 4.79 Å². The maximum Gasteiger partial charge on any atom is 0.315 e. The van der Waals surface area contributed by atoms with Crippen molar-refractivity contribution in [2.45, 2.75) is 51.5 Å². The molecule has 1 atom stereocenters. The number of carbonyl (C=O) groups is 1. The molecule has 0 saturated carbocycles. The van der Waals surface area contributed by atoms with E-state index in [0.717, 1.165) is 18.1 Å². The lowest BCUT2D eigenvalue weighted by Crippen LogP contribution is -2.30. The molecule has 0 spiro atoms. The summed E-state index contributed by atoms with van der Waals surface area (Å²) < 4.78 is 0. The van der Waals surface area contributed by atoms with E-state index in [1.807, 2.05) is 5.38 Å². The highest BCUT2D eigenvalue weighted by molar-refractivity contribution is 7.13. The molecule has 0 bridgehead atoms. The number of aromatic nitrogens is 1. The number of nitrogens with zero attached hydrogens (tertiary/aromatic N) is 2. The highest BCUT2D eigenvalue weighted by Crippen LogP contribution is 2.33. The molecule has 1 aromatic rings. The number of carboxylic acids is 1. The van der Waals surface area contributed by atoms with Crippen molar-refractivity contribution in [3.8, 4) is 0 Å². The molecule has 0 amide bonds. The Hall–Kier alpha value is -1.10. The second-order valence-electron chi connectivity index (χ2n) is 5.34. The number of hydrogen-bond acceptors (Lipinski definition) is 4. The number of aliphatic carboxylic acids is 1. The Morgan fingerprint density at radius 2 is 2.39 bits per heavy atom. The Labute approximate surface area is 112 Å². The van der Waals surface area contributed by atoms with Crippen molar-refractivity contribution in [2.24, 2.45) is 0 Å². The van der Waals surface area contributed by atoms with Gasteiger partial charge in [0, 0.05) is 18.0 Å². The van der Waals surface area contributed by atoms with Crippen molar-refractivity contribution in [1.82, 2.24) is 4.98 Å². The van der Waals surface area contributed by atoms with Gasteiger partial charge >= 0.3 is 5.97 Å². The molecule has 0 aliphatic carbocycles. The third kappa shape index (κ3) is 2.23. The van der Waals surface area contributed by atoms with Gasteiger partial charge in [-0.05, 0) is 33.1 Å². The second-order valence-corrected chi connectivity index (χ2v) is 6.18. The lowest BCUT2D eigenvalue weighted by atomic mass is 9.90. The maximum atomic E-state index is 11.2. The van der Waals surface area contributed by atoms with E-state index in [9.17, 15) is 9.90 Å². The first-order chi connectivity index (χ1) is 8.46. The fourth-order valence-electron chi connectivity index (χ4n) is 2.30. The number of hydrogen-bond donors (Lipinski definition) is 1. The van der Waals surface area contributed by atoms with Crippen molar-refractivity contribution in [1.29, 1.82) is 0 Å². The average Bonchev–Trinajstić information content (AvgIpc) is 2.97. The average molecular weight is 268 g/mol. The Kier molecular flexibility index (Phi) is 3.61. The molecule has 5 heteroatoms. The fourth-order valence-corrected chi connectivity index (χ4v) is 3.40. The van der Waals surface area contributed by atoms with Crippen LogP contribution in [0.4, 0.5) is 5.13 Å². The van der Waals surface area contributed by atoms with Crippen molar-refractivity contribution in [3.05, 3.63) is 11.1 Å². The Morgan fingerprint density at radius 3 is 3.00 bits per heavy atom. The van der Waals surface area contributed by atoms with Crippen molar-refractivity contribution in [3.63, 3.8) is 0 Å². The van der Waals surface area contributed by atoms with Gasteiger partial charge in [-0.15, -0.1) is 11.3 Å². The van der Waals surface area contributed by atoms with E-state index in [-0.39, 0.29) is 0 Å². The predicted molar refractivity (Wildman–Crippen MR) is 73.4 cm³/mol.